The summed E-state index contributed by atoms with van der Waals surface area (Å²) in [5.41, 5.74) is 5.04. The third-order valence-corrected chi connectivity index (χ3v) is 4.52. The molecule has 4 nitrogen and oxygen atoms in total. The summed E-state index contributed by atoms with van der Waals surface area (Å²) in [5.74, 6) is 0.130. The molecule has 0 aliphatic carbocycles. The summed E-state index contributed by atoms with van der Waals surface area (Å²) in [4.78, 5) is 26.3. The Labute approximate surface area is 148 Å². The van der Waals surface area contributed by atoms with E-state index in [1.807, 2.05) is 55.1 Å². The van der Waals surface area contributed by atoms with Crippen molar-refractivity contribution in [3.8, 4) is 0 Å². The number of rotatable bonds is 5. The van der Waals surface area contributed by atoms with E-state index >= 15 is 0 Å². The predicted molar refractivity (Wildman–Crippen MR) is 99.8 cm³/mol. The maximum Gasteiger partial charge on any atom is 0.258 e. The van der Waals surface area contributed by atoms with Crippen LogP contribution in [0.15, 0.2) is 42.5 Å². The number of nitrogens with zero attached hydrogens (tertiary/aromatic N) is 1. The molecular weight excluding hydrogens is 312 g/mol. The third kappa shape index (κ3) is 3.90. The van der Waals surface area contributed by atoms with Crippen molar-refractivity contribution in [2.24, 2.45) is 0 Å². The number of anilines is 1. The summed E-state index contributed by atoms with van der Waals surface area (Å²) in [5, 5.41) is 2.94. The largest absolute Gasteiger partial charge is 0.352 e. The van der Waals surface area contributed by atoms with Crippen LogP contribution in [0.5, 0.6) is 0 Å². The Kier molecular flexibility index (Phi) is 5.17. The second-order valence-corrected chi connectivity index (χ2v) is 6.57. The Morgan fingerprint density at radius 1 is 1.16 bits per heavy atom. The molecule has 2 amide bonds. The van der Waals surface area contributed by atoms with Gasteiger partial charge in [-0.15, -0.1) is 0 Å². The van der Waals surface area contributed by atoms with Gasteiger partial charge in [0.25, 0.3) is 5.91 Å². The Balaban J connectivity index is 1.73. The van der Waals surface area contributed by atoms with Gasteiger partial charge in [0.2, 0.25) is 5.91 Å². The topological polar surface area (TPSA) is 49.4 Å². The van der Waals surface area contributed by atoms with Crippen LogP contribution in [0.25, 0.3) is 0 Å². The summed E-state index contributed by atoms with van der Waals surface area (Å²) in [7, 11) is 0. The number of amides is 2. The monoisotopic (exact) mass is 336 g/mol. The molecule has 2 aromatic carbocycles. The molecule has 0 atom stereocenters. The summed E-state index contributed by atoms with van der Waals surface area (Å²) < 4.78 is 0. The van der Waals surface area contributed by atoms with E-state index in [4.69, 9.17) is 0 Å². The van der Waals surface area contributed by atoms with Gasteiger partial charge < -0.3 is 10.2 Å². The number of fused-ring (bicyclic) bond motifs is 1. The molecule has 0 saturated carbocycles. The Bertz CT molecular complexity index is 798. The van der Waals surface area contributed by atoms with Crippen LogP contribution in [0, 0.1) is 6.92 Å². The lowest BCUT2D eigenvalue weighted by Gasteiger charge is -2.18. The van der Waals surface area contributed by atoms with Crippen molar-refractivity contribution in [3.63, 3.8) is 0 Å². The van der Waals surface area contributed by atoms with Gasteiger partial charge in [0.1, 0.15) is 0 Å². The first-order valence-electron chi connectivity index (χ1n) is 8.85. The van der Waals surface area contributed by atoms with Gasteiger partial charge in [-0.3, -0.25) is 9.59 Å². The minimum Gasteiger partial charge on any atom is -0.352 e. The Hall–Kier alpha value is -2.62. The smallest absolute Gasteiger partial charge is 0.258 e. The normalized spacial score (nSPS) is 12.8. The molecule has 0 unspecified atom stereocenters. The van der Waals surface area contributed by atoms with E-state index in [2.05, 4.69) is 11.4 Å². The van der Waals surface area contributed by atoms with Gasteiger partial charge in [-0.2, -0.15) is 0 Å². The molecule has 0 fully saturated rings. The van der Waals surface area contributed by atoms with Gasteiger partial charge in [-0.1, -0.05) is 36.8 Å². The van der Waals surface area contributed by atoms with E-state index in [9.17, 15) is 9.59 Å². The van der Waals surface area contributed by atoms with Crippen molar-refractivity contribution < 1.29 is 9.59 Å². The Morgan fingerprint density at radius 2 is 2.00 bits per heavy atom. The number of hydrogen-bond donors (Lipinski definition) is 1. The average Bonchev–Trinajstić information content (AvgIpc) is 3.03. The van der Waals surface area contributed by atoms with E-state index in [-0.39, 0.29) is 11.8 Å². The molecule has 3 rings (SSSR count). The highest BCUT2D eigenvalue weighted by Gasteiger charge is 2.25. The minimum absolute atomic E-state index is 0.0476. The summed E-state index contributed by atoms with van der Waals surface area (Å²) in [6, 6.07) is 13.8. The van der Waals surface area contributed by atoms with Crippen molar-refractivity contribution in [1.82, 2.24) is 5.32 Å². The molecule has 1 aliphatic rings. The van der Waals surface area contributed by atoms with Gasteiger partial charge in [-0.05, 0) is 49.1 Å². The summed E-state index contributed by atoms with van der Waals surface area (Å²) >= 11 is 0. The summed E-state index contributed by atoms with van der Waals surface area (Å²) in [6.07, 6.45) is 2.26. The fourth-order valence-electron chi connectivity index (χ4n) is 3.23. The fraction of sp³-hybridized carbons (Fsp3) is 0.333. The number of carbonyl (C=O) groups excluding carboxylic acids is 2. The highest BCUT2D eigenvalue weighted by molar-refractivity contribution is 6.07. The average molecular weight is 336 g/mol. The van der Waals surface area contributed by atoms with Gasteiger partial charge in [-0.25, -0.2) is 0 Å². The van der Waals surface area contributed by atoms with Gasteiger partial charge >= 0.3 is 0 Å². The van der Waals surface area contributed by atoms with Crippen LogP contribution in [-0.2, 0) is 17.8 Å². The second-order valence-electron chi connectivity index (χ2n) is 6.57. The zero-order chi connectivity index (χ0) is 17.8. The second kappa shape index (κ2) is 7.51. The lowest BCUT2D eigenvalue weighted by Crippen LogP contribution is -2.28. The van der Waals surface area contributed by atoms with Crippen LogP contribution in [0.4, 0.5) is 5.69 Å². The molecule has 0 spiro atoms. The number of carbonyl (C=O) groups is 2. The van der Waals surface area contributed by atoms with E-state index in [0.29, 0.717) is 19.5 Å². The highest BCUT2D eigenvalue weighted by Crippen LogP contribution is 2.30. The van der Waals surface area contributed by atoms with E-state index in [1.165, 1.54) is 5.56 Å². The number of hydrogen-bond acceptors (Lipinski definition) is 2. The molecule has 130 valence electrons. The zero-order valence-corrected chi connectivity index (χ0v) is 14.8. The molecule has 0 bridgehead atoms. The lowest BCUT2D eigenvalue weighted by atomic mass is 10.1. The van der Waals surface area contributed by atoms with Crippen LogP contribution in [0.2, 0.25) is 0 Å². The van der Waals surface area contributed by atoms with Crippen LogP contribution in [0.1, 0.15) is 46.8 Å². The van der Waals surface area contributed by atoms with E-state index in [0.717, 1.165) is 35.2 Å². The van der Waals surface area contributed by atoms with Crippen molar-refractivity contribution in [3.05, 3.63) is 64.7 Å². The van der Waals surface area contributed by atoms with Crippen molar-refractivity contribution >= 4 is 17.5 Å². The molecule has 1 aliphatic heterocycles. The molecule has 4 heteroatoms. The molecule has 25 heavy (non-hydrogen) atoms. The third-order valence-electron chi connectivity index (χ3n) is 4.52. The van der Waals surface area contributed by atoms with Crippen molar-refractivity contribution in [2.45, 2.75) is 39.7 Å². The maximum atomic E-state index is 12.8. The first kappa shape index (κ1) is 17.2. The molecule has 1 N–H and O–H groups in total. The molecule has 2 aromatic rings. The first-order chi connectivity index (χ1) is 12.1. The molecule has 1 heterocycles. The quantitative estimate of drug-likeness (QED) is 0.907. The molecular formula is C21H24N2O2. The molecule has 0 radical (unpaired) electrons. The van der Waals surface area contributed by atoms with Gasteiger partial charge in [0.05, 0.1) is 0 Å². The van der Waals surface area contributed by atoms with Gasteiger partial charge in [0, 0.05) is 30.8 Å². The lowest BCUT2D eigenvalue weighted by molar-refractivity contribution is -0.121. The van der Waals surface area contributed by atoms with E-state index in [1.54, 1.807) is 0 Å². The van der Waals surface area contributed by atoms with Crippen LogP contribution in [0.3, 0.4) is 0 Å². The fourth-order valence-corrected chi connectivity index (χ4v) is 3.23. The van der Waals surface area contributed by atoms with E-state index < -0.39 is 0 Å². The maximum absolute atomic E-state index is 12.8. The first-order valence-corrected chi connectivity index (χ1v) is 8.85. The minimum atomic E-state index is 0.0476. The standard InChI is InChI=1S/C21H24N2O2/c1-3-5-20(24)22-14-16-8-9-19-17(13-16)10-11-23(19)21(25)18-7-4-6-15(2)12-18/h4,6-9,12-13H,3,5,10-11,14H2,1-2H3,(H,22,24). The number of aryl methyl sites for hydroxylation is 1. The summed E-state index contributed by atoms with van der Waals surface area (Å²) in [6.45, 7) is 5.23. The van der Waals surface area contributed by atoms with Crippen LogP contribution >= 0.6 is 0 Å². The van der Waals surface area contributed by atoms with Crippen molar-refractivity contribution in [2.75, 3.05) is 11.4 Å². The Morgan fingerprint density at radius 3 is 2.76 bits per heavy atom. The SMILES string of the molecule is CCCC(=O)NCc1ccc2c(c1)CCN2C(=O)c1cccc(C)c1. The van der Waals surface area contributed by atoms with Crippen LogP contribution in [-0.4, -0.2) is 18.4 Å². The van der Waals surface area contributed by atoms with Gasteiger partial charge in [0.15, 0.2) is 0 Å². The highest BCUT2D eigenvalue weighted by atomic mass is 16.2. The van der Waals surface area contributed by atoms with Crippen molar-refractivity contribution in [1.29, 1.82) is 0 Å². The number of nitrogens with one attached hydrogen (secondary N) is 1. The zero-order valence-electron chi connectivity index (χ0n) is 14.8. The predicted octanol–water partition coefficient (Wildman–Crippen LogP) is 3.61. The van der Waals surface area contributed by atoms with Crippen LogP contribution < -0.4 is 10.2 Å². The number of benzene rings is 2. The molecule has 0 saturated heterocycles. The molecule has 0 aromatic heterocycles.